The number of Topliss-reactive ketones (excluding diaryl/α,β-unsaturated/α-hetero) is 1. The van der Waals surface area contributed by atoms with Gasteiger partial charge in [-0.15, -0.1) is 10.2 Å². The lowest BCUT2D eigenvalue weighted by molar-refractivity contribution is -0.118. The largest absolute Gasteiger partial charge is 0.482 e. The number of carbonyl (C=O) groups is 2. The lowest BCUT2D eigenvalue weighted by atomic mass is 10.1. The maximum Gasteiger partial charge on any atom is 0.277 e. The van der Waals surface area contributed by atoms with Crippen molar-refractivity contribution >= 4 is 29.1 Å². The van der Waals surface area contributed by atoms with Gasteiger partial charge < -0.3 is 14.5 Å². The summed E-state index contributed by atoms with van der Waals surface area (Å²) < 4.78 is 11.1. The average molecular weight is 409 g/mol. The average Bonchev–Trinajstić information content (AvgIpc) is 3.14. The number of aryl methyl sites for hydroxylation is 2. The van der Waals surface area contributed by atoms with Crippen molar-refractivity contribution in [1.29, 1.82) is 0 Å². The van der Waals surface area contributed by atoms with Gasteiger partial charge in [-0.1, -0.05) is 29.0 Å². The SMILES string of the molecule is Cc1cc(C)cc(-c2nnc(S[C@@H](C)C(=O)c3ccc4c(c3)NC(=O)CO4)o2)c1. The van der Waals surface area contributed by atoms with Crippen molar-refractivity contribution in [3.63, 3.8) is 0 Å². The Balaban J connectivity index is 1.49. The minimum absolute atomic E-state index is 0.0213. The molecule has 7 nitrogen and oxygen atoms in total. The van der Waals surface area contributed by atoms with Crippen molar-refractivity contribution < 1.29 is 18.7 Å². The van der Waals surface area contributed by atoms with Crippen LogP contribution in [0.5, 0.6) is 5.75 Å². The zero-order valence-corrected chi connectivity index (χ0v) is 17.0. The highest BCUT2D eigenvalue weighted by Crippen LogP contribution is 2.32. The summed E-state index contributed by atoms with van der Waals surface area (Å²) in [7, 11) is 0. The summed E-state index contributed by atoms with van der Waals surface area (Å²) in [6, 6.07) is 11.0. The van der Waals surface area contributed by atoms with E-state index in [-0.39, 0.29) is 18.3 Å². The van der Waals surface area contributed by atoms with E-state index >= 15 is 0 Å². The summed E-state index contributed by atoms with van der Waals surface area (Å²) in [5.41, 5.74) is 4.05. The summed E-state index contributed by atoms with van der Waals surface area (Å²) >= 11 is 1.20. The molecule has 2 aromatic carbocycles. The molecule has 0 saturated heterocycles. The number of benzene rings is 2. The van der Waals surface area contributed by atoms with Crippen molar-refractivity contribution in [2.24, 2.45) is 0 Å². The van der Waals surface area contributed by atoms with Crippen molar-refractivity contribution in [2.75, 3.05) is 11.9 Å². The lowest BCUT2D eigenvalue weighted by Crippen LogP contribution is -2.25. The highest BCUT2D eigenvalue weighted by molar-refractivity contribution is 8.00. The summed E-state index contributed by atoms with van der Waals surface area (Å²) in [6.45, 7) is 5.78. The van der Waals surface area contributed by atoms with E-state index in [2.05, 4.69) is 21.6 Å². The molecule has 8 heteroatoms. The minimum Gasteiger partial charge on any atom is -0.482 e. The third kappa shape index (κ3) is 4.17. The molecule has 0 saturated carbocycles. The number of ketones is 1. The summed E-state index contributed by atoms with van der Waals surface area (Å²) in [6.07, 6.45) is 0. The van der Waals surface area contributed by atoms with Crippen molar-refractivity contribution in [1.82, 2.24) is 10.2 Å². The smallest absolute Gasteiger partial charge is 0.277 e. The Kier molecular flexibility index (Phi) is 5.10. The highest BCUT2D eigenvalue weighted by Gasteiger charge is 2.23. The fourth-order valence-corrected chi connectivity index (χ4v) is 3.91. The highest BCUT2D eigenvalue weighted by atomic mass is 32.2. The van der Waals surface area contributed by atoms with Crippen LogP contribution < -0.4 is 10.1 Å². The molecule has 1 amide bonds. The van der Waals surface area contributed by atoms with Gasteiger partial charge in [-0.25, -0.2) is 0 Å². The number of aromatic nitrogens is 2. The minimum atomic E-state index is -0.444. The number of anilines is 1. The monoisotopic (exact) mass is 409 g/mol. The zero-order chi connectivity index (χ0) is 20.5. The predicted octanol–water partition coefficient (Wildman–Crippen LogP) is 4.05. The molecular weight excluding hydrogens is 390 g/mol. The van der Waals surface area contributed by atoms with Crippen molar-refractivity contribution in [3.8, 4) is 17.2 Å². The Labute approximate surface area is 171 Å². The summed E-state index contributed by atoms with van der Waals surface area (Å²) in [4.78, 5) is 24.3. The topological polar surface area (TPSA) is 94.3 Å². The maximum absolute atomic E-state index is 12.8. The molecule has 0 unspecified atom stereocenters. The van der Waals surface area contributed by atoms with Crippen LogP contribution in [0, 0.1) is 13.8 Å². The van der Waals surface area contributed by atoms with Crippen LogP contribution in [0.15, 0.2) is 46.0 Å². The fourth-order valence-electron chi connectivity index (χ4n) is 3.15. The van der Waals surface area contributed by atoms with Gasteiger partial charge in [-0.2, -0.15) is 0 Å². The van der Waals surface area contributed by atoms with Gasteiger partial charge in [0.25, 0.3) is 11.1 Å². The number of nitrogens with zero attached hydrogens (tertiary/aromatic N) is 2. The summed E-state index contributed by atoms with van der Waals surface area (Å²) in [5, 5.41) is 10.8. The quantitative estimate of drug-likeness (QED) is 0.502. The van der Waals surface area contributed by atoms with Gasteiger partial charge in [0.05, 0.1) is 10.9 Å². The molecule has 0 aliphatic carbocycles. The van der Waals surface area contributed by atoms with E-state index in [1.807, 2.05) is 26.0 Å². The van der Waals surface area contributed by atoms with Crippen LogP contribution in [-0.4, -0.2) is 33.7 Å². The van der Waals surface area contributed by atoms with Crippen LogP contribution in [0.1, 0.15) is 28.4 Å². The number of carbonyl (C=O) groups excluding carboxylic acids is 2. The first-order valence-corrected chi connectivity index (χ1v) is 9.97. The number of hydrogen-bond donors (Lipinski definition) is 1. The molecule has 0 fully saturated rings. The van der Waals surface area contributed by atoms with E-state index in [1.54, 1.807) is 25.1 Å². The molecule has 0 bridgehead atoms. The van der Waals surface area contributed by atoms with Crippen LogP contribution in [0.4, 0.5) is 5.69 Å². The van der Waals surface area contributed by atoms with Gasteiger partial charge in [0.2, 0.25) is 5.89 Å². The molecule has 4 rings (SSSR count). The van der Waals surface area contributed by atoms with Crippen LogP contribution >= 0.6 is 11.8 Å². The van der Waals surface area contributed by atoms with Crippen LogP contribution in [0.25, 0.3) is 11.5 Å². The molecule has 3 aromatic rings. The Bertz CT molecular complexity index is 1090. The van der Waals surface area contributed by atoms with Crippen LogP contribution in [0.2, 0.25) is 0 Å². The Morgan fingerprint density at radius 2 is 1.90 bits per heavy atom. The van der Waals surface area contributed by atoms with E-state index in [1.165, 1.54) is 11.8 Å². The molecule has 1 N–H and O–H groups in total. The molecule has 29 heavy (non-hydrogen) atoms. The fraction of sp³-hybridized carbons (Fsp3) is 0.238. The normalized spacial score (nSPS) is 14.0. The molecule has 1 atom stereocenters. The lowest BCUT2D eigenvalue weighted by Gasteiger charge is -2.18. The molecule has 1 aliphatic heterocycles. The van der Waals surface area contributed by atoms with E-state index in [0.717, 1.165) is 16.7 Å². The van der Waals surface area contributed by atoms with Gasteiger partial charge in [-0.3, -0.25) is 9.59 Å². The maximum atomic E-state index is 12.8. The number of hydrogen-bond acceptors (Lipinski definition) is 7. The molecule has 1 aliphatic rings. The number of thioether (sulfide) groups is 1. The molecule has 2 heterocycles. The third-order valence-corrected chi connectivity index (χ3v) is 5.35. The van der Waals surface area contributed by atoms with Crippen LogP contribution in [-0.2, 0) is 4.79 Å². The number of fused-ring (bicyclic) bond motifs is 1. The van der Waals surface area contributed by atoms with Crippen molar-refractivity contribution in [3.05, 3.63) is 53.1 Å². The molecular formula is C21H19N3O4S. The molecule has 148 valence electrons. The zero-order valence-electron chi connectivity index (χ0n) is 16.2. The van der Waals surface area contributed by atoms with E-state index in [4.69, 9.17) is 9.15 Å². The van der Waals surface area contributed by atoms with E-state index < -0.39 is 5.25 Å². The van der Waals surface area contributed by atoms with E-state index in [9.17, 15) is 9.59 Å². The first-order chi connectivity index (χ1) is 13.9. The first kappa shape index (κ1) is 19.2. The standard InChI is InChI=1S/C21H19N3O4S/c1-11-6-12(2)8-15(7-11)20-23-24-21(28-20)29-13(3)19(26)14-4-5-17-16(9-14)22-18(25)10-27-17/h4-9,13H,10H2,1-3H3,(H,22,25)/t13-/m0/s1. The number of amides is 1. The number of nitrogens with one attached hydrogen (secondary N) is 1. The Morgan fingerprint density at radius 3 is 2.66 bits per heavy atom. The van der Waals surface area contributed by atoms with Gasteiger partial charge >= 0.3 is 0 Å². The number of ether oxygens (including phenoxy) is 1. The third-order valence-electron chi connectivity index (χ3n) is 4.42. The second kappa shape index (κ2) is 7.71. The van der Waals surface area contributed by atoms with Gasteiger partial charge in [0, 0.05) is 11.1 Å². The summed E-state index contributed by atoms with van der Waals surface area (Å²) in [5.74, 6) is 0.627. The second-order valence-electron chi connectivity index (χ2n) is 6.92. The molecule has 0 radical (unpaired) electrons. The van der Waals surface area contributed by atoms with Crippen LogP contribution in [0.3, 0.4) is 0 Å². The van der Waals surface area contributed by atoms with Crippen molar-refractivity contribution in [2.45, 2.75) is 31.2 Å². The van der Waals surface area contributed by atoms with Gasteiger partial charge in [-0.05, 0) is 51.1 Å². The van der Waals surface area contributed by atoms with Gasteiger partial charge in [0.1, 0.15) is 5.75 Å². The number of rotatable bonds is 5. The second-order valence-corrected chi connectivity index (χ2v) is 8.21. The Hall–Kier alpha value is -3.13. The predicted molar refractivity (Wildman–Crippen MR) is 109 cm³/mol. The van der Waals surface area contributed by atoms with E-state index in [0.29, 0.717) is 28.1 Å². The molecule has 0 spiro atoms. The van der Waals surface area contributed by atoms with Gasteiger partial charge in [0.15, 0.2) is 12.4 Å². The molecule has 1 aromatic heterocycles. The first-order valence-electron chi connectivity index (χ1n) is 9.09. The Morgan fingerprint density at radius 1 is 1.14 bits per heavy atom.